The molecule has 1 saturated carbocycles. The SMILES string of the molecule is O=c1[nH]c(Br)nc2c1ncn2C1CCCC1. The summed E-state index contributed by atoms with van der Waals surface area (Å²) in [6, 6.07) is 0.450. The van der Waals surface area contributed by atoms with Crippen molar-refractivity contribution >= 4 is 27.1 Å². The van der Waals surface area contributed by atoms with Crippen LogP contribution in [0.25, 0.3) is 11.2 Å². The molecule has 1 fully saturated rings. The van der Waals surface area contributed by atoms with E-state index in [1.54, 1.807) is 6.33 Å². The van der Waals surface area contributed by atoms with E-state index in [4.69, 9.17) is 0 Å². The molecule has 1 N–H and O–H groups in total. The minimum atomic E-state index is -0.186. The number of fused-ring (bicyclic) bond motifs is 1. The number of rotatable bonds is 1. The second-order valence-electron chi connectivity index (χ2n) is 4.12. The number of aromatic nitrogens is 4. The Morgan fingerprint density at radius 2 is 2.19 bits per heavy atom. The fourth-order valence-corrected chi connectivity index (χ4v) is 2.70. The van der Waals surface area contributed by atoms with Gasteiger partial charge in [0.15, 0.2) is 15.9 Å². The highest BCUT2D eigenvalue weighted by molar-refractivity contribution is 9.10. The first-order valence-electron chi connectivity index (χ1n) is 5.38. The molecule has 0 bridgehead atoms. The van der Waals surface area contributed by atoms with Gasteiger partial charge in [-0.05, 0) is 28.8 Å². The Kier molecular flexibility index (Phi) is 2.31. The highest BCUT2D eigenvalue weighted by Gasteiger charge is 2.20. The van der Waals surface area contributed by atoms with Crippen LogP contribution in [0.5, 0.6) is 0 Å². The van der Waals surface area contributed by atoms with Crippen LogP contribution in [0.4, 0.5) is 0 Å². The van der Waals surface area contributed by atoms with E-state index in [1.807, 2.05) is 4.57 Å². The summed E-state index contributed by atoms with van der Waals surface area (Å²) in [6.07, 6.45) is 6.52. The third kappa shape index (κ3) is 1.48. The van der Waals surface area contributed by atoms with Gasteiger partial charge < -0.3 is 4.57 Å². The zero-order valence-electron chi connectivity index (χ0n) is 8.61. The Bertz CT molecular complexity index is 582. The largest absolute Gasteiger partial charge is 0.312 e. The Morgan fingerprint density at radius 1 is 1.44 bits per heavy atom. The molecule has 0 atom stereocenters. The van der Waals surface area contributed by atoms with Crippen molar-refractivity contribution in [1.82, 2.24) is 19.5 Å². The van der Waals surface area contributed by atoms with Crippen molar-refractivity contribution in [1.29, 1.82) is 0 Å². The third-order valence-electron chi connectivity index (χ3n) is 3.12. The van der Waals surface area contributed by atoms with Gasteiger partial charge in [0.1, 0.15) is 0 Å². The topological polar surface area (TPSA) is 63.6 Å². The van der Waals surface area contributed by atoms with Crippen LogP contribution in [-0.4, -0.2) is 19.5 Å². The van der Waals surface area contributed by atoms with Crippen molar-refractivity contribution < 1.29 is 0 Å². The standard InChI is InChI=1S/C10H11BrN4O/c11-10-13-8-7(9(16)14-10)12-5-15(8)6-3-1-2-4-6/h5-6H,1-4H2,(H,13,14,16). The van der Waals surface area contributed by atoms with Gasteiger partial charge in [-0.2, -0.15) is 0 Å². The minimum Gasteiger partial charge on any atom is -0.312 e. The monoisotopic (exact) mass is 282 g/mol. The molecule has 1 aliphatic carbocycles. The van der Waals surface area contributed by atoms with E-state index in [0.717, 1.165) is 12.8 Å². The normalized spacial score (nSPS) is 17.3. The Labute approximate surface area is 100 Å². The van der Waals surface area contributed by atoms with Crippen LogP contribution >= 0.6 is 15.9 Å². The summed E-state index contributed by atoms with van der Waals surface area (Å²) in [5, 5.41) is 0. The van der Waals surface area contributed by atoms with Gasteiger partial charge in [-0.1, -0.05) is 12.8 Å². The summed E-state index contributed by atoms with van der Waals surface area (Å²) >= 11 is 3.20. The van der Waals surface area contributed by atoms with Crippen LogP contribution < -0.4 is 5.56 Å². The average molecular weight is 283 g/mol. The van der Waals surface area contributed by atoms with E-state index in [-0.39, 0.29) is 5.56 Å². The van der Waals surface area contributed by atoms with E-state index in [9.17, 15) is 4.79 Å². The van der Waals surface area contributed by atoms with Crippen LogP contribution in [-0.2, 0) is 0 Å². The molecule has 0 amide bonds. The maximum Gasteiger partial charge on any atom is 0.279 e. The maximum absolute atomic E-state index is 11.6. The molecule has 1 aliphatic rings. The fraction of sp³-hybridized carbons (Fsp3) is 0.500. The molecule has 84 valence electrons. The molecule has 0 aromatic carbocycles. The van der Waals surface area contributed by atoms with E-state index < -0.39 is 0 Å². The molecular weight excluding hydrogens is 272 g/mol. The van der Waals surface area contributed by atoms with Gasteiger partial charge in [-0.25, -0.2) is 9.97 Å². The first-order valence-corrected chi connectivity index (χ1v) is 6.17. The van der Waals surface area contributed by atoms with Crippen LogP contribution in [0.15, 0.2) is 15.9 Å². The Hall–Kier alpha value is -1.17. The Morgan fingerprint density at radius 3 is 2.94 bits per heavy atom. The van der Waals surface area contributed by atoms with Crippen molar-refractivity contribution in [3.63, 3.8) is 0 Å². The molecule has 3 rings (SSSR count). The lowest BCUT2D eigenvalue weighted by molar-refractivity contribution is 0.528. The van der Waals surface area contributed by atoms with Crippen LogP contribution in [0.2, 0.25) is 0 Å². The fourth-order valence-electron chi connectivity index (χ4n) is 2.35. The lowest BCUT2D eigenvalue weighted by Gasteiger charge is -2.10. The molecule has 0 spiro atoms. The predicted octanol–water partition coefficient (Wildman–Crippen LogP) is 2.00. The molecule has 0 saturated heterocycles. The first-order chi connectivity index (χ1) is 7.75. The molecule has 6 heteroatoms. The molecule has 0 unspecified atom stereocenters. The minimum absolute atomic E-state index is 0.186. The number of nitrogens with one attached hydrogen (secondary N) is 1. The summed E-state index contributed by atoms with van der Waals surface area (Å²) in [5.74, 6) is 0. The number of halogens is 1. The van der Waals surface area contributed by atoms with E-state index >= 15 is 0 Å². The van der Waals surface area contributed by atoms with Crippen LogP contribution in [0, 0.1) is 0 Å². The van der Waals surface area contributed by atoms with Gasteiger partial charge >= 0.3 is 0 Å². The highest BCUT2D eigenvalue weighted by atomic mass is 79.9. The maximum atomic E-state index is 11.6. The molecule has 2 aromatic heterocycles. The molecule has 5 nitrogen and oxygen atoms in total. The summed E-state index contributed by atoms with van der Waals surface area (Å²) < 4.78 is 2.49. The van der Waals surface area contributed by atoms with Crippen LogP contribution in [0.3, 0.4) is 0 Å². The smallest absolute Gasteiger partial charge is 0.279 e. The third-order valence-corrected chi connectivity index (χ3v) is 3.50. The zero-order chi connectivity index (χ0) is 11.1. The molecular formula is C10H11BrN4O. The summed E-state index contributed by atoms with van der Waals surface area (Å²) in [7, 11) is 0. The zero-order valence-corrected chi connectivity index (χ0v) is 10.2. The van der Waals surface area contributed by atoms with Gasteiger partial charge in [0.05, 0.1) is 6.33 Å². The predicted molar refractivity (Wildman–Crippen MR) is 63.4 cm³/mol. The molecule has 0 aliphatic heterocycles. The van der Waals surface area contributed by atoms with Gasteiger partial charge in [0, 0.05) is 6.04 Å². The quantitative estimate of drug-likeness (QED) is 0.814. The van der Waals surface area contributed by atoms with E-state index in [2.05, 4.69) is 30.9 Å². The number of hydrogen-bond acceptors (Lipinski definition) is 3. The Balaban J connectivity index is 2.22. The number of hydrogen-bond donors (Lipinski definition) is 1. The average Bonchev–Trinajstić information content (AvgIpc) is 2.83. The first kappa shape index (κ1) is 10.0. The summed E-state index contributed by atoms with van der Waals surface area (Å²) in [6.45, 7) is 0. The van der Waals surface area contributed by atoms with Crippen molar-refractivity contribution in [3.8, 4) is 0 Å². The number of aromatic amines is 1. The van der Waals surface area contributed by atoms with Gasteiger partial charge in [-0.3, -0.25) is 9.78 Å². The molecule has 2 heterocycles. The van der Waals surface area contributed by atoms with Gasteiger partial charge in [-0.15, -0.1) is 0 Å². The lowest BCUT2D eigenvalue weighted by Crippen LogP contribution is -2.10. The van der Waals surface area contributed by atoms with Crippen molar-refractivity contribution in [2.75, 3.05) is 0 Å². The molecule has 0 radical (unpaired) electrons. The summed E-state index contributed by atoms with van der Waals surface area (Å²) in [5.41, 5.74) is 0.922. The second-order valence-corrected chi connectivity index (χ2v) is 4.87. The number of imidazole rings is 1. The molecule has 2 aromatic rings. The lowest BCUT2D eigenvalue weighted by atomic mass is 10.2. The second kappa shape index (κ2) is 3.69. The van der Waals surface area contributed by atoms with Gasteiger partial charge in [0.2, 0.25) is 0 Å². The van der Waals surface area contributed by atoms with Crippen molar-refractivity contribution in [2.45, 2.75) is 31.7 Å². The van der Waals surface area contributed by atoms with Crippen LogP contribution in [0.1, 0.15) is 31.7 Å². The highest BCUT2D eigenvalue weighted by Crippen LogP contribution is 2.30. The number of H-pyrrole nitrogens is 1. The molecule has 16 heavy (non-hydrogen) atoms. The van der Waals surface area contributed by atoms with Crippen molar-refractivity contribution in [2.24, 2.45) is 0 Å². The number of nitrogens with zero attached hydrogens (tertiary/aromatic N) is 3. The van der Waals surface area contributed by atoms with E-state index in [1.165, 1.54) is 12.8 Å². The van der Waals surface area contributed by atoms with Gasteiger partial charge in [0.25, 0.3) is 5.56 Å². The van der Waals surface area contributed by atoms with E-state index in [0.29, 0.717) is 21.9 Å². The summed E-state index contributed by atoms with van der Waals surface area (Å²) in [4.78, 5) is 22.7. The van der Waals surface area contributed by atoms with Crippen molar-refractivity contribution in [3.05, 3.63) is 21.4 Å².